The summed E-state index contributed by atoms with van der Waals surface area (Å²) >= 11 is 0. The summed E-state index contributed by atoms with van der Waals surface area (Å²) in [5.41, 5.74) is 4.00. The first-order valence-corrected chi connectivity index (χ1v) is 8.57. The summed E-state index contributed by atoms with van der Waals surface area (Å²) in [6.07, 6.45) is 0.985. The number of fused-ring (bicyclic) bond motifs is 2. The van der Waals surface area contributed by atoms with E-state index in [2.05, 4.69) is 47.7 Å². The van der Waals surface area contributed by atoms with Crippen molar-refractivity contribution in [2.24, 2.45) is 18.4 Å². The molecule has 0 unspecified atom stereocenters. The van der Waals surface area contributed by atoms with Crippen molar-refractivity contribution in [3.63, 3.8) is 0 Å². The molecule has 0 aliphatic carbocycles. The number of aromatic nitrogens is 1. The van der Waals surface area contributed by atoms with Gasteiger partial charge in [0, 0.05) is 61.2 Å². The highest BCUT2D eigenvalue weighted by Gasteiger charge is 2.47. The van der Waals surface area contributed by atoms with Gasteiger partial charge in [-0.2, -0.15) is 0 Å². The monoisotopic (exact) mass is 314 g/mol. The van der Waals surface area contributed by atoms with Gasteiger partial charge in [-0.15, -0.1) is 0 Å². The topological polar surface area (TPSA) is 37.6 Å². The second-order valence-electron chi connectivity index (χ2n) is 7.47. The van der Waals surface area contributed by atoms with Crippen molar-refractivity contribution < 1.29 is 9.84 Å². The third kappa shape index (κ3) is 2.49. The Balaban J connectivity index is 1.58. The average molecular weight is 314 g/mol. The number of rotatable bonds is 3. The lowest BCUT2D eigenvalue weighted by molar-refractivity contribution is -0.0417. The van der Waals surface area contributed by atoms with Crippen molar-refractivity contribution >= 4 is 10.9 Å². The number of aliphatic hydroxyl groups is 1. The van der Waals surface area contributed by atoms with Gasteiger partial charge in [0.1, 0.15) is 0 Å². The molecule has 0 amide bonds. The molecule has 124 valence electrons. The Morgan fingerprint density at radius 1 is 1.35 bits per heavy atom. The predicted molar refractivity (Wildman–Crippen MR) is 91.4 cm³/mol. The molecule has 1 aromatic carbocycles. The molecular formula is C19H26N2O2. The van der Waals surface area contributed by atoms with E-state index in [1.807, 2.05) is 0 Å². The minimum absolute atomic E-state index is 0.0550. The maximum atomic E-state index is 9.95. The average Bonchev–Trinajstić information content (AvgIpc) is 3.06. The van der Waals surface area contributed by atoms with E-state index in [4.69, 9.17) is 4.74 Å². The lowest BCUT2D eigenvalue weighted by Gasteiger charge is -2.36. The molecule has 0 bridgehead atoms. The van der Waals surface area contributed by atoms with E-state index in [1.165, 1.54) is 22.2 Å². The number of benzene rings is 1. The summed E-state index contributed by atoms with van der Waals surface area (Å²) in [5.74, 6) is 0.471. The normalized spacial score (nSPS) is 28.4. The molecule has 2 fully saturated rings. The predicted octanol–water partition coefficient (Wildman–Crippen LogP) is 2.32. The van der Waals surface area contributed by atoms with Crippen LogP contribution in [-0.2, 0) is 18.3 Å². The standard InChI is InChI=1S/C19H26N2O2/c1-14-3-4-18-15(7-14)8-17(20(18)2)10-21-9-16-11-23-6-5-19(16,12-21)13-22/h3-4,7-8,16,22H,5-6,9-13H2,1-2H3/t16-,19-/m1/s1. The Labute approximate surface area is 137 Å². The number of aliphatic hydroxyl groups excluding tert-OH is 1. The second-order valence-corrected chi connectivity index (χ2v) is 7.47. The lowest BCUT2D eigenvalue weighted by atomic mass is 9.75. The molecule has 1 aromatic heterocycles. The third-order valence-electron chi connectivity index (χ3n) is 5.94. The SMILES string of the molecule is Cc1ccc2c(c1)cc(CN1C[C@@H]3COCC[C@]3(CO)C1)n2C. The van der Waals surface area contributed by atoms with Crippen LogP contribution in [0.4, 0.5) is 0 Å². The van der Waals surface area contributed by atoms with Crippen LogP contribution in [0.5, 0.6) is 0 Å². The number of aryl methyl sites for hydroxylation is 2. The molecule has 2 aliphatic heterocycles. The van der Waals surface area contributed by atoms with E-state index in [0.29, 0.717) is 5.92 Å². The number of nitrogens with zero attached hydrogens (tertiary/aromatic N) is 2. The van der Waals surface area contributed by atoms with Gasteiger partial charge in [-0.05, 0) is 31.5 Å². The van der Waals surface area contributed by atoms with E-state index in [-0.39, 0.29) is 12.0 Å². The maximum Gasteiger partial charge on any atom is 0.0513 e. The van der Waals surface area contributed by atoms with Crippen LogP contribution in [0.15, 0.2) is 24.3 Å². The summed E-state index contributed by atoms with van der Waals surface area (Å²) in [6.45, 7) is 6.97. The van der Waals surface area contributed by atoms with E-state index in [9.17, 15) is 5.11 Å². The van der Waals surface area contributed by atoms with Crippen molar-refractivity contribution in [3.05, 3.63) is 35.5 Å². The van der Waals surface area contributed by atoms with Gasteiger partial charge in [0.25, 0.3) is 0 Å². The Hall–Kier alpha value is -1.36. The van der Waals surface area contributed by atoms with E-state index in [1.54, 1.807) is 0 Å². The zero-order valence-electron chi connectivity index (χ0n) is 14.1. The van der Waals surface area contributed by atoms with Gasteiger partial charge < -0.3 is 14.4 Å². The molecule has 3 heterocycles. The number of hydrogen-bond acceptors (Lipinski definition) is 3. The van der Waals surface area contributed by atoms with Crippen molar-refractivity contribution in [2.75, 3.05) is 32.9 Å². The summed E-state index contributed by atoms with van der Waals surface area (Å²) in [7, 11) is 2.15. The van der Waals surface area contributed by atoms with Gasteiger partial charge in [-0.25, -0.2) is 0 Å². The van der Waals surface area contributed by atoms with Gasteiger partial charge in [-0.1, -0.05) is 11.6 Å². The number of ether oxygens (including phenoxy) is 1. The first-order chi connectivity index (χ1) is 11.1. The minimum atomic E-state index is 0.0550. The molecule has 4 heteroatoms. The highest BCUT2D eigenvalue weighted by molar-refractivity contribution is 5.82. The molecule has 0 spiro atoms. The zero-order valence-corrected chi connectivity index (χ0v) is 14.1. The van der Waals surface area contributed by atoms with E-state index in [0.717, 1.165) is 39.3 Å². The maximum absolute atomic E-state index is 9.95. The van der Waals surface area contributed by atoms with Crippen LogP contribution in [0.2, 0.25) is 0 Å². The van der Waals surface area contributed by atoms with Crippen molar-refractivity contribution in [3.8, 4) is 0 Å². The quantitative estimate of drug-likeness (QED) is 0.945. The highest BCUT2D eigenvalue weighted by atomic mass is 16.5. The molecule has 2 aliphatic rings. The Morgan fingerprint density at radius 2 is 2.22 bits per heavy atom. The highest BCUT2D eigenvalue weighted by Crippen LogP contribution is 2.42. The molecule has 2 saturated heterocycles. The molecule has 1 N–H and O–H groups in total. The van der Waals surface area contributed by atoms with Crippen molar-refractivity contribution in [1.82, 2.24) is 9.47 Å². The molecule has 4 nitrogen and oxygen atoms in total. The van der Waals surface area contributed by atoms with E-state index >= 15 is 0 Å². The van der Waals surface area contributed by atoms with E-state index < -0.39 is 0 Å². The zero-order chi connectivity index (χ0) is 16.0. The molecule has 0 radical (unpaired) electrons. The van der Waals surface area contributed by atoms with Crippen LogP contribution in [0.3, 0.4) is 0 Å². The van der Waals surface area contributed by atoms with Crippen molar-refractivity contribution in [2.45, 2.75) is 19.9 Å². The molecule has 4 rings (SSSR count). The molecule has 0 saturated carbocycles. The van der Waals surface area contributed by atoms with Crippen LogP contribution in [-0.4, -0.2) is 47.5 Å². The fourth-order valence-corrected chi connectivity index (χ4v) is 4.44. The van der Waals surface area contributed by atoms with Crippen LogP contribution in [0, 0.1) is 18.3 Å². The Morgan fingerprint density at radius 3 is 3.00 bits per heavy atom. The first-order valence-electron chi connectivity index (χ1n) is 8.57. The molecule has 2 aromatic rings. The molecular weight excluding hydrogens is 288 g/mol. The lowest BCUT2D eigenvalue weighted by Crippen LogP contribution is -2.41. The van der Waals surface area contributed by atoms with Crippen LogP contribution < -0.4 is 0 Å². The molecule has 2 atom stereocenters. The van der Waals surface area contributed by atoms with Gasteiger partial charge in [0.15, 0.2) is 0 Å². The van der Waals surface area contributed by atoms with Gasteiger partial charge in [0.05, 0.1) is 13.2 Å². The first kappa shape index (κ1) is 15.2. The van der Waals surface area contributed by atoms with Crippen LogP contribution >= 0.6 is 0 Å². The summed E-state index contributed by atoms with van der Waals surface area (Å²) in [4.78, 5) is 2.50. The minimum Gasteiger partial charge on any atom is -0.396 e. The summed E-state index contributed by atoms with van der Waals surface area (Å²) < 4.78 is 7.96. The van der Waals surface area contributed by atoms with Gasteiger partial charge in [0.2, 0.25) is 0 Å². The fourth-order valence-electron chi connectivity index (χ4n) is 4.44. The van der Waals surface area contributed by atoms with Crippen LogP contribution in [0.25, 0.3) is 10.9 Å². The summed E-state index contributed by atoms with van der Waals surface area (Å²) in [6, 6.07) is 8.95. The van der Waals surface area contributed by atoms with Crippen molar-refractivity contribution in [1.29, 1.82) is 0 Å². The summed E-state index contributed by atoms with van der Waals surface area (Å²) in [5, 5.41) is 11.3. The Bertz CT molecular complexity index is 723. The van der Waals surface area contributed by atoms with Gasteiger partial charge >= 0.3 is 0 Å². The number of likely N-dealkylation sites (tertiary alicyclic amines) is 1. The smallest absolute Gasteiger partial charge is 0.0513 e. The second kappa shape index (κ2) is 5.62. The Kier molecular flexibility index (Phi) is 3.71. The number of hydrogen-bond donors (Lipinski definition) is 1. The third-order valence-corrected chi connectivity index (χ3v) is 5.94. The molecule has 23 heavy (non-hydrogen) atoms. The fraction of sp³-hybridized carbons (Fsp3) is 0.579. The largest absolute Gasteiger partial charge is 0.396 e. The van der Waals surface area contributed by atoms with Gasteiger partial charge in [-0.3, -0.25) is 4.90 Å². The van der Waals surface area contributed by atoms with Crippen LogP contribution in [0.1, 0.15) is 17.7 Å².